The maximum absolute atomic E-state index is 11.9. The fourth-order valence-corrected chi connectivity index (χ4v) is 6.96. The van der Waals surface area contributed by atoms with Gasteiger partial charge in [0, 0.05) is 6.16 Å². The van der Waals surface area contributed by atoms with Gasteiger partial charge in [-0.15, -0.1) is 0 Å². The number of hydrogen-bond acceptors (Lipinski definition) is 17. The highest BCUT2D eigenvalue weighted by Gasteiger charge is 2.45. The van der Waals surface area contributed by atoms with Crippen LogP contribution in [0.25, 0.3) is 11.2 Å². The molecular weight excluding hydrogens is 525 g/mol. The minimum Gasteiger partial charge on any atom is -0.778 e. The van der Waals surface area contributed by atoms with Gasteiger partial charge in [0.05, 0.1) is 12.9 Å². The van der Waals surface area contributed by atoms with Crippen molar-refractivity contribution < 1.29 is 56.5 Å². The summed E-state index contributed by atoms with van der Waals surface area (Å²) in [5.41, 5.74) is 11.1. The normalized spacial score (nSPS) is 28.4. The first-order chi connectivity index (χ1) is 15.8. The van der Waals surface area contributed by atoms with Crippen LogP contribution in [0.4, 0.5) is 5.82 Å². The maximum Gasteiger partial charge on any atom is 0.279 e. The van der Waals surface area contributed by atoms with Gasteiger partial charge in [-0.25, -0.2) is 19.3 Å². The predicted octanol–water partition coefficient (Wildman–Crippen LogP) is -3.08. The Morgan fingerprint density at radius 3 is 2.47 bits per heavy atom. The van der Waals surface area contributed by atoms with Crippen molar-refractivity contribution >= 4 is 40.2 Å². The molecule has 192 valence electrons. The minimum atomic E-state index is -5.91. The van der Waals surface area contributed by atoms with Crippen molar-refractivity contribution in [3.8, 4) is 0 Å². The average Bonchev–Trinajstić information content (AvgIpc) is 3.26. The Balaban J connectivity index is 1.64. The van der Waals surface area contributed by atoms with Gasteiger partial charge in [-0.2, -0.15) is 0 Å². The summed E-state index contributed by atoms with van der Waals surface area (Å²) in [6.07, 6.45) is -4.71. The van der Waals surface area contributed by atoms with Crippen molar-refractivity contribution in [2.45, 2.75) is 31.0 Å². The van der Waals surface area contributed by atoms with Crippen LogP contribution in [0.5, 0.6) is 0 Å². The molecule has 1 fully saturated rings. The van der Waals surface area contributed by atoms with Gasteiger partial charge < -0.3 is 50.2 Å². The number of nitrogens with zero attached hydrogens (tertiary/aromatic N) is 4. The molecule has 0 bridgehead atoms. The number of rotatable bonds is 11. The Bertz CT molecular complexity index is 1160. The SMILES string of the molecule is NCCCP(=O)([O-])OP(=O)([O-])OP(=O)([O-])OC[C@H]1O[C@@H](n2cnc3c(N)ncnc32)C(O)[C@H]1O. The van der Waals surface area contributed by atoms with Crippen molar-refractivity contribution in [2.75, 3.05) is 25.0 Å². The van der Waals surface area contributed by atoms with E-state index in [0.29, 0.717) is 0 Å². The molecule has 0 spiro atoms. The van der Waals surface area contributed by atoms with Crippen LogP contribution in [0.2, 0.25) is 0 Å². The van der Waals surface area contributed by atoms with Crippen LogP contribution < -0.4 is 26.1 Å². The smallest absolute Gasteiger partial charge is 0.279 e. The van der Waals surface area contributed by atoms with Crippen LogP contribution in [-0.4, -0.2) is 67.4 Å². The Labute approximate surface area is 191 Å². The molecule has 3 heterocycles. The number of aliphatic hydroxyl groups is 2. The van der Waals surface area contributed by atoms with Gasteiger partial charge >= 0.3 is 0 Å². The number of fused-ring (bicyclic) bond motifs is 1. The molecule has 1 aliphatic rings. The van der Waals surface area contributed by atoms with E-state index in [1.54, 1.807) is 0 Å². The van der Waals surface area contributed by atoms with Gasteiger partial charge in [0.1, 0.15) is 37.8 Å². The van der Waals surface area contributed by atoms with E-state index >= 15 is 0 Å². The Kier molecular flexibility index (Phi) is 8.27. The number of anilines is 1. The number of phosphoric acid groups is 2. The number of ether oxygens (including phenoxy) is 1. The average molecular weight is 545 g/mol. The molecule has 2 aromatic heterocycles. The van der Waals surface area contributed by atoms with Crippen LogP contribution in [0.15, 0.2) is 12.7 Å². The highest BCUT2D eigenvalue weighted by atomic mass is 31.3. The van der Waals surface area contributed by atoms with E-state index in [2.05, 4.69) is 28.1 Å². The van der Waals surface area contributed by atoms with E-state index in [0.717, 1.165) is 6.33 Å². The summed E-state index contributed by atoms with van der Waals surface area (Å²) >= 11 is 0. The van der Waals surface area contributed by atoms with Gasteiger partial charge in [0.25, 0.3) is 15.6 Å². The largest absolute Gasteiger partial charge is 0.778 e. The van der Waals surface area contributed by atoms with E-state index in [-0.39, 0.29) is 29.9 Å². The zero-order valence-corrected chi connectivity index (χ0v) is 19.7. The second kappa shape index (κ2) is 10.3. The third-order valence-electron chi connectivity index (χ3n) is 4.46. The molecule has 4 unspecified atom stereocenters. The lowest BCUT2D eigenvalue weighted by Crippen LogP contribution is -2.34. The standard InChI is InChI=1S/C13H23N6O12P3/c14-2-1-3-32(22,23)30-34(26,27)31-33(24,25)28-4-7-9(20)10(21)13(29-7)19-6-18-8-11(15)16-5-17-12(8)19/h5-7,9-10,13,20-21H,1-4,14H2,(H,22,23)(H,24,25)(H,26,27)(H2,15,16,17)/p-3/t7-,9+,10?,13-/m1/s1. The highest BCUT2D eigenvalue weighted by Crippen LogP contribution is 2.62. The quantitative estimate of drug-likeness (QED) is 0.203. The summed E-state index contributed by atoms with van der Waals surface area (Å²) in [4.78, 5) is 46.8. The number of phosphoric ester groups is 1. The first-order valence-electron chi connectivity index (χ1n) is 9.39. The summed E-state index contributed by atoms with van der Waals surface area (Å²) in [7, 11) is -16.6. The minimum absolute atomic E-state index is 0.0380. The van der Waals surface area contributed by atoms with Crippen LogP contribution in [0, 0.1) is 0 Å². The summed E-state index contributed by atoms with van der Waals surface area (Å²) in [5, 5.41) is 20.5. The third-order valence-corrected chi connectivity index (χ3v) is 9.18. The zero-order chi connectivity index (χ0) is 25.3. The lowest BCUT2D eigenvalue weighted by atomic mass is 10.1. The maximum atomic E-state index is 11.9. The number of hydrogen-bond donors (Lipinski definition) is 4. The van der Waals surface area contributed by atoms with Crippen LogP contribution in [-0.2, 0) is 31.6 Å². The number of aliphatic hydroxyl groups excluding tert-OH is 2. The molecule has 0 radical (unpaired) electrons. The van der Waals surface area contributed by atoms with Gasteiger partial charge in [-0.1, -0.05) is 0 Å². The van der Waals surface area contributed by atoms with Crippen LogP contribution in [0.1, 0.15) is 12.6 Å². The summed E-state index contributed by atoms with van der Waals surface area (Å²) in [6, 6.07) is 0. The van der Waals surface area contributed by atoms with E-state index in [1.165, 1.54) is 10.9 Å². The Hall–Kier alpha value is -1.36. The first-order valence-corrected chi connectivity index (χ1v) is 14.0. The summed E-state index contributed by atoms with van der Waals surface area (Å²) in [6.45, 7) is -1.10. The molecule has 21 heteroatoms. The molecular formula is C13H20N6O12P3-3. The number of nitrogen functional groups attached to an aromatic ring is 1. The molecule has 0 amide bonds. The topological polar surface area (TPSA) is 293 Å². The van der Waals surface area contributed by atoms with Gasteiger partial charge in [0.2, 0.25) is 0 Å². The molecule has 0 aliphatic carbocycles. The van der Waals surface area contributed by atoms with Crippen molar-refractivity contribution in [3.05, 3.63) is 12.7 Å². The van der Waals surface area contributed by atoms with Crippen molar-refractivity contribution in [1.82, 2.24) is 19.5 Å². The lowest BCUT2D eigenvalue weighted by Gasteiger charge is -2.35. The van der Waals surface area contributed by atoms with Gasteiger partial charge in [-0.05, 0) is 13.0 Å². The number of imidazole rings is 1. The van der Waals surface area contributed by atoms with Gasteiger partial charge in [0.15, 0.2) is 17.7 Å². The molecule has 1 saturated heterocycles. The number of nitrogens with two attached hydrogens (primary N) is 2. The van der Waals surface area contributed by atoms with Crippen molar-refractivity contribution in [1.29, 1.82) is 0 Å². The molecule has 1 aliphatic heterocycles. The molecule has 0 saturated carbocycles. The van der Waals surface area contributed by atoms with E-state index in [9.17, 15) is 38.6 Å². The molecule has 7 atom stereocenters. The Morgan fingerprint density at radius 2 is 1.79 bits per heavy atom. The molecule has 3 rings (SSSR count). The second-order valence-electron chi connectivity index (χ2n) is 6.96. The fraction of sp³-hybridized carbons (Fsp3) is 0.615. The predicted molar refractivity (Wildman–Crippen MR) is 105 cm³/mol. The molecule has 34 heavy (non-hydrogen) atoms. The van der Waals surface area contributed by atoms with E-state index in [4.69, 9.17) is 16.2 Å². The summed E-state index contributed by atoms with van der Waals surface area (Å²) in [5.74, 6) is 0.0380. The monoisotopic (exact) mass is 545 g/mol. The van der Waals surface area contributed by atoms with Crippen LogP contribution in [0.3, 0.4) is 0 Å². The van der Waals surface area contributed by atoms with Gasteiger partial charge in [-0.3, -0.25) is 18.0 Å². The molecule has 2 aromatic rings. The lowest BCUT2D eigenvalue weighted by molar-refractivity contribution is -0.246. The van der Waals surface area contributed by atoms with E-state index < -0.39 is 60.5 Å². The Morgan fingerprint density at radius 1 is 1.09 bits per heavy atom. The first kappa shape index (κ1) is 27.2. The molecule has 6 N–H and O–H groups in total. The fourth-order valence-electron chi connectivity index (χ4n) is 2.96. The second-order valence-corrected chi connectivity index (χ2v) is 12.0. The molecule has 0 aromatic carbocycles. The van der Waals surface area contributed by atoms with E-state index in [1.807, 2.05) is 0 Å². The van der Waals surface area contributed by atoms with Crippen molar-refractivity contribution in [3.63, 3.8) is 0 Å². The zero-order valence-electron chi connectivity index (χ0n) is 17.1. The summed E-state index contributed by atoms with van der Waals surface area (Å²) < 4.78 is 53.7. The van der Waals surface area contributed by atoms with Crippen LogP contribution >= 0.6 is 23.2 Å². The van der Waals surface area contributed by atoms with Crippen molar-refractivity contribution in [2.24, 2.45) is 5.73 Å². The number of aromatic nitrogens is 4. The third kappa shape index (κ3) is 6.44. The highest BCUT2D eigenvalue weighted by molar-refractivity contribution is 7.66. The molecule has 18 nitrogen and oxygen atoms in total.